The summed E-state index contributed by atoms with van der Waals surface area (Å²) >= 11 is 0. The summed E-state index contributed by atoms with van der Waals surface area (Å²) in [5.74, 6) is -0.822. The van der Waals surface area contributed by atoms with Crippen molar-refractivity contribution >= 4 is 15.8 Å². The van der Waals surface area contributed by atoms with Crippen molar-refractivity contribution in [3.8, 4) is 0 Å². The highest BCUT2D eigenvalue weighted by Crippen LogP contribution is 2.73. The second-order valence-corrected chi connectivity index (χ2v) is 8.44. The Labute approximate surface area is 123 Å². The van der Waals surface area contributed by atoms with E-state index in [-0.39, 0.29) is 12.2 Å². The van der Waals surface area contributed by atoms with Gasteiger partial charge in [-0.25, -0.2) is 13.2 Å². The summed E-state index contributed by atoms with van der Waals surface area (Å²) in [6.07, 6.45) is 1.23. The zero-order chi connectivity index (χ0) is 16.5. The molecule has 3 atom stereocenters. The first-order valence-corrected chi connectivity index (χ1v) is 8.45. The Balaban J connectivity index is 2.64. The van der Waals surface area contributed by atoms with Crippen LogP contribution in [0, 0.1) is 5.41 Å². The fourth-order valence-corrected chi connectivity index (χ4v) is 4.74. The SMILES string of the molecule is CCOC(=O)C1=CC2(O)C(C)(C)C2(O)C(O)(S(C)(=O)=O)C1. The van der Waals surface area contributed by atoms with Crippen LogP contribution < -0.4 is 0 Å². The van der Waals surface area contributed by atoms with E-state index in [1.807, 2.05) is 0 Å². The fraction of sp³-hybridized carbons (Fsp3) is 0.769. The average Bonchev–Trinajstić information content (AvgIpc) is 2.68. The molecule has 0 heterocycles. The Kier molecular flexibility index (Phi) is 3.18. The van der Waals surface area contributed by atoms with E-state index in [9.17, 15) is 28.5 Å². The number of esters is 1. The zero-order valence-electron chi connectivity index (χ0n) is 12.4. The molecular formula is C13H20O7S. The largest absolute Gasteiger partial charge is 0.463 e. The lowest BCUT2D eigenvalue weighted by Gasteiger charge is -2.37. The summed E-state index contributed by atoms with van der Waals surface area (Å²) in [5, 5.41) is 31.8. The van der Waals surface area contributed by atoms with E-state index < -0.39 is 43.8 Å². The molecule has 0 saturated heterocycles. The van der Waals surface area contributed by atoms with Gasteiger partial charge >= 0.3 is 5.97 Å². The van der Waals surface area contributed by atoms with Crippen LogP contribution in [0.15, 0.2) is 11.6 Å². The van der Waals surface area contributed by atoms with Crippen LogP contribution in [0.2, 0.25) is 0 Å². The predicted octanol–water partition coefficient (Wildman–Crippen LogP) is -0.885. The molecule has 0 aromatic heterocycles. The molecule has 8 heteroatoms. The van der Waals surface area contributed by atoms with Crippen molar-refractivity contribution in [2.45, 2.75) is 43.3 Å². The minimum Gasteiger partial charge on any atom is -0.463 e. The molecule has 3 unspecified atom stereocenters. The molecule has 0 bridgehead atoms. The number of sulfone groups is 1. The van der Waals surface area contributed by atoms with Gasteiger partial charge in [0.2, 0.25) is 4.93 Å². The van der Waals surface area contributed by atoms with E-state index in [1.165, 1.54) is 13.8 Å². The van der Waals surface area contributed by atoms with Crippen molar-refractivity contribution in [1.82, 2.24) is 0 Å². The van der Waals surface area contributed by atoms with Crippen molar-refractivity contribution < 1.29 is 33.3 Å². The van der Waals surface area contributed by atoms with Crippen LogP contribution in [0.5, 0.6) is 0 Å². The van der Waals surface area contributed by atoms with Gasteiger partial charge in [0, 0.05) is 23.7 Å². The first kappa shape index (κ1) is 16.4. The molecule has 1 fully saturated rings. The maximum absolute atomic E-state index is 12.0. The molecule has 0 spiro atoms. The highest BCUT2D eigenvalue weighted by atomic mass is 32.2. The maximum atomic E-state index is 12.0. The monoisotopic (exact) mass is 320 g/mol. The predicted molar refractivity (Wildman–Crippen MR) is 72.8 cm³/mol. The molecule has 21 heavy (non-hydrogen) atoms. The van der Waals surface area contributed by atoms with Crippen LogP contribution >= 0.6 is 0 Å². The van der Waals surface area contributed by atoms with Crippen LogP contribution in [0.1, 0.15) is 27.2 Å². The number of aliphatic hydroxyl groups is 3. The number of hydrogen-bond acceptors (Lipinski definition) is 7. The van der Waals surface area contributed by atoms with Crippen molar-refractivity contribution in [2.75, 3.05) is 12.9 Å². The van der Waals surface area contributed by atoms with Gasteiger partial charge in [-0.15, -0.1) is 0 Å². The standard InChI is InChI=1S/C13H20O7S/c1-5-20-9(14)8-6-11(15)10(2,3)13(11,17)12(16,7-8)21(4,18)19/h6,15-17H,5,7H2,1-4H3. The lowest BCUT2D eigenvalue weighted by Crippen LogP contribution is -2.58. The smallest absolute Gasteiger partial charge is 0.333 e. The van der Waals surface area contributed by atoms with E-state index in [4.69, 9.17) is 4.74 Å². The highest BCUT2D eigenvalue weighted by Gasteiger charge is 2.92. The third-order valence-corrected chi connectivity index (χ3v) is 6.54. The van der Waals surface area contributed by atoms with Gasteiger partial charge in [-0.05, 0) is 13.0 Å². The molecule has 3 N–H and O–H groups in total. The van der Waals surface area contributed by atoms with Crippen LogP contribution in [-0.2, 0) is 19.4 Å². The molecule has 0 aliphatic heterocycles. The summed E-state index contributed by atoms with van der Waals surface area (Å²) in [7, 11) is -4.18. The summed E-state index contributed by atoms with van der Waals surface area (Å²) < 4.78 is 28.8. The Morgan fingerprint density at radius 1 is 1.33 bits per heavy atom. The van der Waals surface area contributed by atoms with Gasteiger partial charge < -0.3 is 20.1 Å². The van der Waals surface area contributed by atoms with Gasteiger partial charge in [0.1, 0.15) is 11.2 Å². The van der Waals surface area contributed by atoms with Gasteiger partial charge in [-0.3, -0.25) is 0 Å². The third-order valence-electron chi connectivity index (χ3n) is 4.88. The molecule has 7 nitrogen and oxygen atoms in total. The van der Waals surface area contributed by atoms with E-state index in [1.54, 1.807) is 6.92 Å². The van der Waals surface area contributed by atoms with Gasteiger partial charge in [-0.1, -0.05) is 13.8 Å². The Morgan fingerprint density at radius 3 is 2.29 bits per heavy atom. The fourth-order valence-electron chi connectivity index (χ4n) is 3.38. The lowest BCUT2D eigenvalue weighted by atomic mass is 9.91. The van der Waals surface area contributed by atoms with Crippen LogP contribution in [0.25, 0.3) is 0 Å². The molecule has 0 aromatic rings. The van der Waals surface area contributed by atoms with Crippen LogP contribution in [0.4, 0.5) is 0 Å². The van der Waals surface area contributed by atoms with Crippen LogP contribution in [0.3, 0.4) is 0 Å². The van der Waals surface area contributed by atoms with Gasteiger partial charge in [0.25, 0.3) is 0 Å². The summed E-state index contributed by atoms with van der Waals surface area (Å²) in [6, 6.07) is 0. The minimum atomic E-state index is -4.18. The lowest BCUT2D eigenvalue weighted by molar-refractivity contribution is -0.141. The Bertz CT molecular complexity index is 635. The number of fused-ring (bicyclic) bond motifs is 1. The third kappa shape index (κ3) is 1.59. The molecule has 0 aromatic carbocycles. The molecule has 2 aliphatic carbocycles. The van der Waals surface area contributed by atoms with Crippen molar-refractivity contribution in [3.05, 3.63) is 11.6 Å². The zero-order valence-corrected chi connectivity index (χ0v) is 13.2. The number of carbonyl (C=O) groups is 1. The topological polar surface area (TPSA) is 121 Å². The second kappa shape index (κ2) is 4.07. The first-order chi connectivity index (χ1) is 9.30. The van der Waals surface area contributed by atoms with E-state index >= 15 is 0 Å². The van der Waals surface area contributed by atoms with Crippen molar-refractivity contribution in [1.29, 1.82) is 0 Å². The van der Waals surface area contributed by atoms with E-state index in [2.05, 4.69) is 0 Å². The number of rotatable bonds is 3. The molecule has 0 amide bonds. The highest BCUT2D eigenvalue weighted by molar-refractivity contribution is 7.92. The Hall–Kier alpha value is -0.960. The summed E-state index contributed by atoms with van der Waals surface area (Å²) in [4.78, 5) is 9.19. The summed E-state index contributed by atoms with van der Waals surface area (Å²) in [6.45, 7) is 4.50. The molecule has 2 rings (SSSR count). The van der Waals surface area contributed by atoms with Gasteiger partial charge in [0.15, 0.2) is 9.84 Å². The van der Waals surface area contributed by atoms with Gasteiger partial charge in [-0.2, -0.15) is 0 Å². The van der Waals surface area contributed by atoms with E-state index in [0.29, 0.717) is 0 Å². The first-order valence-electron chi connectivity index (χ1n) is 6.56. The maximum Gasteiger partial charge on any atom is 0.333 e. The minimum absolute atomic E-state index is 0.0690. The van der Waals surface area contributed by atoms with Crippen LogP contribution in [-0.4, -0.2) is 58.7 Å². The number of carbonyl (C=O) groups excluding carboxylic acids is 1. The Morgan fingerprint density at radius 2 is 1.86 bits per heavy atom. The second-order valence-electron chi connectivity index (χ2n) is 6.23. The van der Waals surface area contributed by atoms with Crippen molar-refractivity contribution in [3.63, 3.8) is 0 Å². The number of ether oxygens (including phenoxy) is 1. The molecule has 2 aliphatic rings. The van der Waals surface area contributed by atoms with E-state index in [0.717, 1.165) is 12.3 Å². The molecule has 120 valence electrons. The number of hydrogen-bond donors (Lipinski definition) is 3. The van der Waals surface area contributed by atoms with Gasteiger partial charge in [0.05, 0.1) is 6.61 Å². The molecule has 1 saturated carbocycles. The molecular weight excluding hydrogens is 300 g/mol. The quantitative estimate of drug-likeness (QED) is 0.577. The van der Waals surface area contributed by atoms with Crippen molar-refractivity contribution in [2.24, 2.45) is 5.41 Å². The summed E-state index contributed by atoms with van der Waals surface area (Å²) in [5.41, 5.74) is -5.79. The normalized spacial score (nSPS) is 41.0. The average molecular weight is 320 g/mol. The molecule has 0 radical (unpaired) electrons.